The predicted molar refractivity (Wildman–Crippen MR) is 103 cm³/mol. The third kappa shape index (κ3) is 3.23. The Labute approximate surface area is 145 Å². The van der Waals surface area contributed by atoms with Crippen molar-refractivity contribution in [3.63, 3.8) is 0 Å². The van der Waals surface area contributed by atoms with E-state index in [-0.39, 0.29) is 0 Å². The second-order valence-corrected chi connectivity index (χ2v) is 5.55. The molecule has 0 bridgehead atoms. The number of fused-ring (bicyclic) bond motifs is 1. The Bertz CT molecular complexity index is 884. The summed E-state index contributed by atoms with van der Waals surface area (Å²) in [6.45, 7) is 0. The highest BCUT2D eigenvalue weighted by Gasteiger charge is 2.11. The monoisotopic (exact) mass is 338 g/mol. The first-order chi connectivity index (χ1) is 11.7. The summed E-state index contributed by atoms with van der Waals surface area (Å²) in [5.74, 6) is 0.825. The SMILES string of the molecule is CNC(=S)N/N=C/c1c(-c2ccc(OC)cc2)[nH]c2ccccc12. The van der Waals surface area contributed by atoms with Crippen molar-refractivity contribution in [3.8, 4) is 17.0 Å². The van der Waals surface area contributed by atoms with E-state index in [0.29, 0.717) is 5.11 Å². The van der Waals surface area contributed by atoms with Crippen LogP contribution in [0.3, 0.4) is 0 Å². The van der Waals surface area contributed by atoms with E-state index in [1.54, 1.807) is 20.4 Å². The van der Waals surface area contributed by atoms with E-state index < -0.39 is 0 Å². The number of benzene rings is 2. The van der Waals surface area contributed by atoms with Crippen molar-refractivity contribution in [2.75, 3.05) is 14.2 Å². The first kappa shape index (κ1) is 16.0. The number of rotatable bonds is 4. The zero-order valence-electron chi connectivity index (χ0n) is 13.5. The zero-order valence-corrected chi connectivity index (χ0v) is 14.3. The van der Waals surface area contributed by atoms with Gasteiger partial charge in [0.15, 0.2) is 5.11 Å². The fraction of sp³-hybridized carbons (Fsp3) is 0.111. The number of thiocarbonyl (C=S) groups is 1. The van der Waals surface area contributed by atoms with Crippen molar-refractivity contribution in [3.05, 3.63) is 54.1 Å². The van der Waals surface area contributed by atoms with Gasteiger partial charge in [0.2, 0.25) is 0 Å². The Morgan fingerprint density at radius 3 is 2.62 bits per heavy atom. The summed E-state index contributed by atoms with van der Waals surface area (Å²) in [5.41, 5.74) is 6.91. The highest BCUT2D eigenvalue weighted by Crippen LogP contribution is 2.30. The largest absolute Gasteiger partial charge is 0.497 e. The Kier molecular flexibility index (Phi) is 4.77. The number of ether oxygens (including phenoxy) is 1. The number of hydrogen-bond donors (Lipinski definition) is 3. The van der Waals surface area contributed by atoms with E-state index in [1.165, 1.54) is 0 Å². The second-order valence-electron chi connectivity index (χ2n) is 5.14. The topological polar surface area (TPSA) is 61.4 Å². The highest BCUT2D eigenvalue weighted by molar-refractivity contribution is 7.80. The number of para-hydroxylation sites is 1. The minimum atomic E-state index is 0.470. The number of H-pyrrole nitrogens is 1. The summed E-state index contributed by atoms with van der Waals surface area (Å²) in [6.07, 6.45) is 1.78. The van der Waals surface area contributed by atoms with E-state index >= 15 is 0 Å². The molecule has 3 aromatic rings. The number of aromatic nitrogens is 1. The molecule has 0 saturated heterocycles. The lowest BCUT2D eigenvalue weighted by Crippen LogP contribution is -2.28. The molecule has 6 heteroatoms. The molecule has 122 valence electrons. The number of hydrazone groups is 1. The summed E-state index contributed by atoms with van der Waals surface area (Å²) >= 11 is 5.04. The lowest BCUT2D eigenvalue weighted by Gasteiger charge is -2.04. The summed E-state index contributed by atoms with van der Waals surface area (Å²) in [4.78, 5) is 3.46. The molecule has 0 radical (unpaired) electrons. The fourth-order valence-corrected chi connectivity index (χ4v) is 2.55. The van der Waals surface area contributed by atoms with E-state index in [1.807, 2.05) is 42.5 Å². The van der Waals surface area contributed by atoms with Gasteiger partial charge < -0.3 is 15.0 Å². The molecule has 2 aromatic carbocycles. The van der Waals surface area contributed by atoms with Crippen LogP contribution in [-0.2, 0) is 0 Å². The first-order valence-electron chi connectivity index (χ1n) is 7.49. The molecule has 0 unspecified atom stereocenters. The van der Waals surface area contributed by atoms with Gasteiger partial charge in [-0.15, -0.1) is 0 Å². The molecule has 1 aromatic heterocycles. The molecule has 0 saturated carbocycles. The van der Waals surface area contributed by atoms with Crippen LogP contribution >= 0.6 is 12.2 Å². The van der Waals surface area contributed by atoms with Crippen LogP contribution in [0.25, 0.3) is 22.2 Å². The average Bonchev–Trinajstić information content (AvgIpc) is 3.00. The smallest absolute Gasteiger partial charge is 0.186 e. The van der Waals surface area contributed by atoms with Gasteiger partial charge in [-0.25, -0.2) is 0 Å². The van der Waals surface area contributed by atoms with E-state index in [9.17, 15) is 0 Å². The van der Waals surface area contributed by atoms with Crippen molar-refractivity contribution in [2.45, 2.75) is 0 Å². The van der Waals surface area contributed by atoms with Crippen LogP contribution in [0.4, 0.5) is 0 Å². The van der Waals surface area contributed by atoms with E-state index in [2.05, 4.69) is 26.9 Å². The standard InChI is InChI=1S/C18H18N4OS/c1-19-18(24)22-20-11-15-14-5-3-4-6-16(14)21-17(15)12-7-9-13(23-2)10-8-12/h3-11,21H,1-2H3,(H2,19,22,24)/b20-11+. The van der Waals surface area contributed by atoms with Crippen molar-refractivity contribution >= 4 is 34.4 Å². The Hall–Kier alpha value is -2.86. The number of hydrogen-bond acceptors (Lipinski definition) is 3. The molecule has 3 N–H and O–H groups in total. The molecule has 0 fully saturated rings. The number of aromatic amines is 1. The minimum absolute atomic E-state index is 0.470. The lowest BCUT2D eigenvalue weighted by atomic mass is 10.1. The average molecular weight is 338 g/mol. The maximum atomic E-state index is 5.23. The molecule has 0 aliphatic carbocycles. The molecular formula is C18H18N4OS. The summed E-state index contributed by atoms with van der Waals surface area (Å²) in [6, 6.07) is 16.1. The van der Waals surface area contributed by atoms with Crippen molar-refractivity contribution < 1.29 is 4.74 Å². The highest BCUT2D eigenvalue weighted by atomic mass is 32.1. The lowest BCUT2D eigenvalue weighted by molar-refractivity contribution is 0.415. The van der Waals surface area contributed by atoms with Gasteiger partial charge in [-0.1, -0.05) is 18.2 Å². The molecule has 0 aliphatic heterocycles. The van der Waals surface area contributed by atoms with Gasteiger partial charge >= 0.3 is 0 Å². The maximum absolute atomic E-state index is 5.23. The number of nitrogens with one attached hydrogen (secondary N) is 3. The molecule has 5 nitrogen and oxygen atoms in total. The van der Waals surface area contributed by atoms with E-state index in [0.717, 1.165) is 33.5 Å². The molecule has 24 heavy (non-hydrogen) atoms. The molecule has 0 amide bonds. The minimum Gasteiger partial charge on any atom is -0.497 e. The quantitative estimate of drug-likeness (QED) is 0.388. The fourth-order valence-electron chi connectivity index (χ4n) is 2.49. The number of nitrogens with zero attached hydrogens (tertiary/aromatic N) is 1. The summed E-state index contributed by atoms with van der Waals surface area (Å²) < 4.78 is 5.23. The summed E-state index contributed by atoms with van der Waals surface area (Å²) in [7, 11) is 3.41. The second kappa shape index (κ2) is 7.14. The van der Waals surface area contributed by atoms with Crippen LogP contribution in [0.1, 0.15) is 5.56 Å². The maximum Gasteiger partial charge on any atom is 0.186 e. The van der Waals surface area contributed by atoms with Crippen LogP contribution in [0.2, 0.25) is 0 Å². The number of methoxy groups -OCH3 is 1. The van der Waals surface area contributed by atoms with Gasteiger partial charge in [0, 0.05) is 23.5 Å². The van der Waals surface area contributed by atoms with Crippen molar-refractivity contribution in [1.29, 1.82) is 0 Å². The van der Waals surface area contributed by atoms with Gasteiger partial charge in [-0.3, -0.25) is 5.43 Å². The van der Waals surface area contributed by atoms with Crippen LogP contribution < -0.4 is 15.5 Å². The van der Waals surface area contributed by atoms with Gasteiger partial charge in [0.05, 0.1) is 19.0 Å². The van der Waals surface area contributed by atoms with Crippen molar-refractivity contribution in [1.82, 2.24) is 15.7 Å². The normalized spacial score (nSPS) is 10.9. The van der Waals surface area contributed by atoms with Crippen LogP contribution in [0, 0.1) is 0 Å². The zero-order chi connectivity index (χ0) is 16.9. The molecule has 1 heterocycles. The van der Waals surface area contributed by atoms with Gasteiger partial charge in [-0.2, -0.15) is 5.10 Å². The third-order valence-corrected chi connectivity index (χ3v) is 4.01. The van der Waals surface area contributed by atoms with Crippen LogP contribution in [-0.4, -0.2) is 30.5 Å². The molecular weight excluding hydrogens is 320 g/mol. The molecule has 0 aliphatic rings. The predicted octanol–water partition coefficient (Wildman–Crippen LogP) is 3.27. The Balaban J connectivity index is 2.05. The van der Waals surface area contributed by atoms with Crippen LogP contribution in [0.5, 0.6) is 5.75 Å². The van der Waals surface area contributed by atoms with Gasteiger partial charge in [0.1, 0.15) is 5.75 Å². The van der Waals surface area contributed by atoms with Crippen molar-refractivity contribution in [2.24, 2.45) is 5.10 Å². The summed E-state index contributed by atoms with van der Waals surface area (Å²) in [5, 5.41) is 8.63. The Morgan fingerprint density at radius 1 is 1.17 bits per heavy atom. The van der Waals surface area contributed by atoms with Gasteiger partial charge in [0.25, 0.3) is 0 Å². The first-order valence-corrected chi connectivity index (χ1v) is 7.89. The van der Waals surface area contributed by atoms with E-state index in [4.69, 9.17) is 17.0 Å². The Morgan fingerprint density at radius 2 is 1.92 bits per heavy atom. The van der Waals surface area contributed by atoms with Crippen LogP contribution in [0.15, 0.2) is 53.6 Å². The molecule has 3 rings (SSSR count). The molecule has 0 spiro atoms. The van der Waals surface area contributed by atoms with Gasteiger partial charge in [-0.05, 0) is 48.1 Å². The third-order valence-electron chi connectivity index (χ3n) is 3.71. The molecule has 0 atom stereocenters.